The van der Waals surface area contributed by atoms with Crippen LogP contribution in [0.15, 0.2) is 103 Å². The second-order valence-corrected chi connectivity index (χ2v) is 10.5. The van der Waals surface area contributed by atoms with E-state index in [0.717, 1.165) is 5.56 Å². The molecule has 4 unspecified atom stereocenters. The Bertz CT molecular complexity index is 1540. The van der Waals surface area contributed by atoms with Gasteiger partial charge >= 0.3 is 6.03 Å². The predicted octanol–water partition coefficient (Wildman–Crippen LogP) is 6.38. The van der Waals surface area contributed by atoms with Crippen LogP contribution in [0.25, 0.3) is 0 Å². The van der Waals surface area contributed by atoms with Gasteiger partial charge in [-0.1, -0.05) is 83.9 Å². The smallest absolute Gasteiger partial charge is 0.323 e. The molecule has 3 amide bonds. The summed E-state index contributed by atoms with van der Waals surface area (Å²) in [7, 11) is 1.56. The number of nitrogens with one attached hydrogen (secondary N) is 1. The number of aryl methyl sites for hydroxylation is 1. The Balaban J connectivity index is 1.71. The fraction of sp³-hybridized carbons (Fsp3) is 0.182. The second-order valence-electron chi connectivity index (χ2n) is 10.1. The van der Waals surface area contributed by atoms with Crippen molar-refractivity contribution >= 4 is 35.0 Å². The summed E-state index contributed by atoms with van der Waals surface area (Å²) >= 11 is 6.20. The van der Waals surface area contributed by atoms with Crippen molar-refractivity contribution in [2.45, 2.75) is 24.9 Å². The third-order valence-electron chi connectivity index (χ3n) is 7.57. The predicted molar refractivity (Wildman–Crippen MR) is 159 cm³/mol. The standard InChI is InChI=1S/C33H30ClN3O4/c1-20-8-16-25(17-9-20)36-33(40)37-29(22-12-18-26(41-2)19-13-22)28(31(38)23-6-4-3-5-7-23)27(30(37)32(35)39)21-10-14-24(34)15-11-21/h3-19,27-30H,1-2H3,(H2,35,39)(H,36,40). The van der Waals surface area contributed by atoms with Gasteiger partial charge < -0.3 is 20.7 Å². The summed E-state index contributed by atoms with van der Waals surface area (Å²) in [5.41, 5.74) is 9.47. The number of ketones is 1. The molecule has 1 fully saturated rings. The number of Topliss-reactive ketones (excluding diaryl/α,β-unsaturated/α-hetero) is 1. The minimum atomic E-state index is -1.13. The van der Waals surface area contributed by atoms with E-state index in [0.29, 0.717) is 33.1 Å². The first-order chi connectivity index (χ1) is 19.8. The number of anilines is 1. The largest absolute Gasteiger partial charge is 0.497 e. The first kappa shape index (κ1) is 27.9. The molecular weight excluding hydrogens is 538 g/mol. The Kier molecular flexibility index (Phi) is 8.08. The minimum absolute atomic E-state index is 0.205. The molecule has 4 aromatic carbocycles. The van der Waals surface area contributed by atoms with E-state index in [-0.39, 0.29) is 5.78 Å². The van der Waals surface area contributed by atoms with Gasteiger partial charge in [-0.15, -0.1) is 0 Å². The number of benzene rings is 4. The number of nitrogens with two attached hydrogens (primary N) is 1. The molecule has 4 aromatic rings. The van der Waals surface area contributed by atoms with Crippen molar-refractivity contribution in [3.8, 4) is 5.75 Å². The number of methoxy groups -OCH3 is 1. The summed E-state index contributed by atoms with van der Waals surface area (Å²) in [6.07, 6.45) is 0. The second kappa shape index (κ2) is 11.9. The quantitative estimate of drug-likeness (QED) is 0.253. The van der Waals surface area contributed by atoms with Crippen molar-refractivity contribution in [1.82, 2.24) is 4.90 Å². The third kappa shape index (κ3) is 5.67. The number of amides is 3. The molecule has 8 heteroatoms. The molecule has 1 saturated heterocycles. The van der Waals surface area contributed by atoms with Gasteiger partial charge in [0.1, 0.15) is 11.8 Å². The summed E-state index contributed by atoms with van der Waals surface area (Å²) in [5.74, 6) is -1.88. The van der Waals surface area contributed by atoms with Crippen LogP contribution in [-0.2, 0) is 4.79 Å². The fourth-order valence-electron chi connectivity index (χ4n) is 5.65. The lowest BCUT2D eigenvalue weighted by molar-refractivity contribution is -0.122. The lowest BCUT2D eigenvalue weighted by atomic mass is 9.76. The Hall–Kier alpha value is -4.62. The van der Waals surface area contributed by atoms with Gasteiger partial charge in [-0.3, -0.25) is 9.59 Å². The topological polar surface area (TPSA) is 102 Å². The van der Waals surface area contributed by atoms with Crippen LogP contribution in [0.2, 0.25) is 5.02 Å². The Morgan fingerprint density at radius 2 is 1.44 bits per heavy atom. The van der Waals surface area contributed by atoms with Gasteiger partial charge in [0.15, 0.2) is 5.78 Å². The van der Waals surface area contributed by atoms with Gasteiger partial charge in [-0.25, -0.2) is 4.79 Å². The van der Waals surface area contributed by atoms with Crippen LogP contribution in [0.4, 0.5) is 10.5 Å². The van der Waals surface area contributed by atoms with Crippen molar-refractivity contribution in [3.05, 3.63) is 130 Å². The summed E-state index contributed by atoms with van der Waals surface area (Å²) in [5, 5.41) is 3.43. The number of carbonyl (C=O) groups is 3. The molecule has 0 spiro atoms. The van der Waals surface area contributed by atoms with E-state index in [1.807, 2.05) is 37.3 Å². The molecule has 41 heavy (non-hydrogen) atoms. The van der Waals surface area contributed by atoms with Crippen molar-refractivity contribution in [1.29, 1.82) is 0 Å². The maximum Gasteiger partial charge on any atom is 0.323 e. The highest BCUT2D eigenvalue weighted by molar-refractivity contribution is 6.30. The highest BCUT2D eigenvalue weighted by atomic mass is 35.5. The van der Waals surface area contributed by atoms with Crippen molar-refractivity contribution in [3.63, 3.8) is 0 Å². The Labute approximate surface area is 243 Å². The fourth-order valence-corrected chi connectivity index (χ4v) is 5.77. The normalized spacial score (nSPS) is 19.9. The van der Waals surface area contributed by atoms with Gasteiger partial charge in [0.05, 0.1) is 19.1 Å². The van der Waals surface area contributed by atoms with E-state index in [2.05, 4.69) is 5.32 Å². The summed E-state index contributed by atoms with van der Waals surface area (Å²) < 4.78 is 5.35. The van der Waals surface area contributed by atoms with E-state index in [4.69, 9.17) is 22.1 Å². The third-order valence-corrected chi connectivity index (χ3v) is 7.82. The lowest BCUT2D eigenvalue weighted by Gasteiger charge is -2.31. The number of likely N-dealkylation sites (tertiary alicyclic amines) is 1. The molecule has 0 bridgehead atoms. The summed E-state index contributed by atoms with van der Waals surface area (Å²) in [4.78, 5) is 43.2. The van der Waals surface area contributed by atoms with Crippen LogP contribution < -0.4 is 15.8 Å². The average molecular weight is 568 g/mol. The molecule has 7 nitrogen and oxygen atoms in total. The van der Waals surface area contributed by atoms with E-state index in [1.54, 1.807) is 79.9 Å². The molecule has 5 rings (SSSR count). The lowest BCUT2D eigenvalue weighted by Crippen LogP contribution is -2.48. The maximum absolute atomic E-state index is 14.4. The molecule has 208 valence electrons. The molecule has 0 aliphatic carbocycles. The van der Waals surface area contributed by atoms with Crippen LogP contribution in [0, 0.1) is 12.8 Å². The molecule has 1 heterocycles. The number of primary amides is 1. The SMILES string of the molecule is COc1ccc(C2C(C(=O)c3ccccc3)C(c3ccc(Cl)cc3)C(C(N)=O)N2C(=O)Nc2ccc(C)cc2)cc1. The van der Waals surface area contributed by atoms with Gasteiger partial charge in [-0.2, -0.15) is 0 Å². The monoisotopic (exact) mass is 567 g/mol. The van der Waals surface area contributed by atoms with Gasteiger partial charge in [-0.05, 0) is 54.4 Å². The summed E-state index contributed by atoms with van der Waals surface area (Å²) in [6.45, 7) is 1.95. The van der Waals surface area contributed by atoms with Gasteiger partial charge in [0, 0.05) is 22.2 Å². The molecule has 1 aliphatic heterocycles. The molecule has 4 atom stereocenters. The summed E-state index contributed by atoms with van der Waals surface area (Å²) in [6, 6.07) is 27.8. The minimum Gasteiger partial charge on any atom is -0.497 e. The van der Waals surface area contributed by atoms with Gasteiger partial charge in [0.2, 0.25) is 5.91 Å². The number of hydrogen-bond acceptors (Lipinski definition) is 4. The zero-order valence-electron chi connectivity index (χ0n) is 22.7. The average Bonchev–Trinajstić information content (AvgIpc) is 3.35. The van der Waals surface area contributed by atoms with Crippen LogP contribution in [0.5, 0.6) is 5.75 Å². The number of nitrogens with zero attached hydrogens (tertiary/aromatic N) is 1. The highest BCUT2D eigenvalue weighted by Crippen LogP contribution is 2.51. The van der Waals surface area contributed by atoms with Gasteiger partial charge in [0.25, 0.3) is 0 Å². The molecule has 0 saturated carbocycles. The number of carbonyl (C=O) groups excluding carboxylic acids is 3. The van der Waals surface area contributed by atoms with Crippen molar-refractivity contribution < 1.29 is 19.1 Å². The number of hydrogen-bond donors (Lipinski definition) is 2. The first-order valence-electron chi connectivity index (χ1n) is 13.2. The van der Waals surface area contributed by atoms with Crippen LogP contribution in [-0.4, -0.2) is 35.8 Å². The van der Waals surface area contributed by atoms with Crippen molar-refractivity contribution in [2.75, 3.05) is 12.4 Å². The highest BCUT2D eigenvalue weighted by Gasteiger charge is 2.57. The maximum atomic E-state index is 14.4. The van der Waals surface area contributed by atoms with E-state index >= 15 is 0 Å². The number of ether oxygens (including phenoxy) is 1. The number of urea groups is 1. The van der Waals surface area contributed by atoms with Crippen LogP contribution in [0.3, 0.4) is 0 Å². The Morgan fingerprint density at radius 3 is 2.02 bits per heavy atom. The Morgan fingerprint density at radius 1 is 0.829 bits per heavy atom. The number of rotatable bonds is 7. The zero-order valence-corrected chi connectivity index (χ0v) is 23.4. The first-order valence-corrected chi connectivity index (χ1v) is 13.6. The zero-order chi connectivity index (χ0) is 29.1. The molecule has 0 aromatic heterocycles. The molecule has 3 N–H and O–H groups in total. The molecule has 1 aliphatic rings. The van der Waals surface area contributed by atoms with Crippen molar-refractivity contribution in [2.24, 2.45) is 11.7 Å². The van der Waals surface area contributed by atoms with E-state index < -0.39 is 35.9 Å². The van der Waals surface area contributed by atoms with E-state index in [9.17, 15) is 14.4 Å². The van der Waals surface area contributed by atoms with Crippen LogP contribution in [0.1, 0.15) is 39.0 Å². The molecular formula is C33H30ClN3O4. The van der Waals surface area contributed by atoms with E-state index in [1.165, 1.54) is 4.90 Å². The van der Waals surface area contributed by atoms with Crippen LogP contribution >= 0.6 is 11.6 Å². The molecule has 0 radical (unpaired) electrons. The number of halogens is 1.